The number of rotatable bonds is 3. The molecule has 1 aliphatic heterocycles. The van der Waals surface area contributed by atoms with Gasteiger partial charge < -0.3 is 15.0 Å². The minimum Gasteiger partial charge on any atom is -0.496 e. The van der Waals surface area contributed by atoms with E-state index < -0.39 is 0 Å². The number of likely N-dealkylation sites (tertiary alicyclic amines) is 1. The van der Waals surface area contributed by atoms with Gasteiger partial charge in [0.25, 0.3) is 0 Å². The highest BCUT2D eigenvalue weighted by Gasteiger charge is 2.28. The summed E-state index contributed by atoms with van der Waals surface area (Å²) < 4.78 is 5.28. The van der Waals surface area contributed by atoms with Gasteiger partial charge in [-0.2, -0.15) is 0 Å². The molecule has 21 heavy (non-hydrogen) atoms. The number of urea groups is 1. The maximum Gasteiger partial charge on any atom is 0.321 e. The van der Waals surface area contributed by atoms with Crippen molar-refractivity contribution in [2.24, 2.45) is 0 Å². The lowest BCUT2D eigenvalue weighted by molar-refractivity contribution is 0.126. The van der Waals surface area contributed by atoms with Gasteiger partial charge in [-0.05, 0) is 45.3 Å². The maximum absolute atomic E-state index is 12.3. The summed E-state index contributed by atoms with van der Waals surface area (Å²) in [6.45, 7) is 4.22. The Kier molecular flexibility index (Phi) is 5.26. The molecule has 0 saturated carbocycles. The molecule has 4 nitrogen and oxygen atoms in total. The maximum atomic E-state index is 12.3. The van der Waals surface area contributed by atoms with Crippen LogP contribution >= 0.6 is 0 Å². The number of hydrogen-bond donors (Lipinski definition) is 1. The highest BCUT2D eigenvalue weighted by atomic mass is 16.5. The molecular formula is C17H24N2O2. The van der Waals surface area contributed by atoms with E-state index in [1.807, 2.05) is 35.2 Å². The molecule has 0 aliphatic carbocycles. The number of para-hydroxylation sites is 1. The van der Waals surface area contributed by atoms with Crippen LogP contribution in [0.1, 0.15) is 38.7 Å². The van der Waals surface area contributed by atoms with Crippen LogP contribution < -0.4 is 10.1 Å². The molecule has 0 aromatic heterocycles. The number of hydrogen-bond acceptors (Lipinski definition) is 2. The molecule has 114 valence electrons. The molecule has 2 amide bonds. The molecule has 1 N–H and O–H groups in total. The molecule has 4 heteroatoms. The van der Waals surface area contributed by atoms with Crippen molar-refractivity contribution in [1.82, 2.24) is 10.2 Å². The van der Waals surface area contributed by atoms with Crippen molar-refractivity contribution in [3.8, 4) is 5.75 Å². The number of benzene rings is 1. The largest absolute Gasteiger partial charge is 0.496 e. The van der Waals surface area contributed by atoms with Gasteiger partial charge in [-0.15, -0.1) is 0 Å². The first-order valence-corrected chi connectivity index (χ1v) is 7.52. The molecule has 1 fully saturated rings. The number of nitrogens with zero attached hydrogens (tertiary/aromatic N) is 1. The standard InChI is InChI=1S/C17H24N2O2/c1-13-7-6-8-14(2)19(13)17(20)18-12-11-15-9-4-5-10-16(15)21-3/h4-5,9-14H,6-8H2,1-3H3,(H,18,20)/b12-11+. The van der Waals surface area contributed by atoms with Gasteiger partial charge in [0.15, 0.2) is 0 Å². The fourth-order valence-corrected chi connectivity index (χ4v) is 2.90. The van der Waals surface area contributed by atoms with Crippen LogP contribution in [0.5, 0.6) is 5.75 Å². The van der Waals surface area contributed by atoms with Crippen LogP contribution in [-0.4, -0.2) is 30.1 Å². The second kappa shape index (κ2) is 7.16. The quantitative estimate of drug-likeness (QED) is 0.922. The number of methoxy groups -OCH3 is 1. The van der Waals surface area contributed by atoms with Crippen LogP contribution in [-0.2, 0) is 0 Å². The highest BCUT2D eigenvalue weighted by molar-refractivity contribution is 5.77. The van der Waals surface area contributed by atoms with Gasteiger partial charge in [0.1, 0.15) is 5.75 Å². The number of carbonyl (C=O) groups is 1. The molecule has 0 radical (unpaired) electrons. The fraction of sp³-hybridized carbons (Fsp3) is 0.471. The van der Waals surface area contributed by atoms with E-state index in [0.29, 0.717) is 12.1 Å². The average Bonchev–Trinajstić information content (AvgIpc) is 2.47. The van der Waals surface area contributed by atoms with Gasteiger partial charge in [0, 0.05) is 23.8 Å². The van der Waals surface area contributed by atoms with Gasteiger partial charge >= 0.3 is 6.03 Å². The molecule has 1 aliphatic rings. The van der Waals surface area contributed by atoms with E-state index in [1.165, 1.54) is 6.42 Å². The molecule has 2 unspecified atom stereocenters. The Morgan fingerprint density at radius 2 is 1.95 bits per heavy atom. The van der Waals surface area contributed by atoms with E-state index in [2.05, 4.69) is 19.2 Å². The molecular weight excluding hydrogens is 264 g/mol. The first-order chi connectivity index (χ1) is 10.1. The number of amides is 2. The summed E-state index contributed by atoms with van der Waals surface area (Å²) in [6.07, 6.45) is 6.90. The summed E-state index contributed by atoms with van der Waals surface area (Å²) in [6, 6.07) is 8.29. The lowest BCUT2D eigenvalue weighted by Crippen LogP contribution is -2.50. The monoisotopic (exact) mass is 288 g/mol. The lowest BCUT2D eigenvalue weighted by atomic mass is 9.98. The van der Waals surface area contributed by atoms with Crippen molar-refractivity contribution < 1.29 is 9.53 Å². The highest BCUT2D eigenvalue weighted by Crippen LogP contribution is 2.22. The Bertz CT molecular complexity index is 503. The summed E-state index contributed by atoms with van der Waals surface area (Å²) in [5, 5.41) is 2.86. The Hall–Kier alpha value is -1.97. The molecule has 1 heterocycles. The first-order valence-electron chi connectivity index (χ1n) is 7.52. The zero-order valence-electron chi connectivity index (χ0n) is 13.0. The van der Waals surface area contributed by atoms with E-state index in [1.54, 1.807) is 13.3 Å². The van der Waals surface area contributed by atoms with Gasteiger partial charge in [0.2, 0.25) is 0 Å². The number of nitrogens with one attached hydrogen (secondary N) is 1. The minimum atomic E-state index is -0.0270. The zero-order chi connectivity index (χ0) is 15.2. The SMILES string of the molecule is COc1ccccc1/C=C/NC(=O)N1C(C)CCCC1C. The smallest absolute Gasteiger partial charge is 0.321 e. The van der Waals surface area contributed by atoms with Gasteiger partial charge in [0.05, 0.1) is 7.11 Å². The van der Waals surface area contributed by atoms with Crippen LogP contribution in [0.4, 0.5) is 4.79 Å². The summed E-state index contributed by atoms with van der Waals surface area (Å²) >= 11 is 0. The van der Waals surface area contributed by atoms with Gasteiger partial charge in [-0.3, -0.25) is 0 Å². The molecule has 1 aromatic carbocycles. The van der Waals surface area contributed by atoms with E-state index in [9.17, 15) is 4.79 Å². The first kappa shape index (κ1) is 15.4. The van der Waals surface area contributed by atoms with E-state index >= 15 is 0 Å². The molecule has 1 aromatic rings. The molecule has 2 rings (SSSR count). The van der Waals surface area contributed by atoms with Crippen molar-refractivity contribution in [2.45, 2.75) is 45.2 Å². The van der Waals surface area contributed by atoms with Crippen molar-refractivity contribution in [2.75, 3.05) is 7.11 Å². The molecule has 0 bridgehead atoms. The number of piperidine rings is 1. The normalized spacial score (nSPS) is 22.3. The lowest BCUT2D eigenvalue weighted by Gasteiger charge is -2.38. The van der Waals surface area contributed by atoms with Gasteiger partial charge in [-0.1, -0.05) is 18.2 Å². The van der Waals surface area contributed by atoms with Crippen molar-refractivity contribution >= 4 is 12.1 Å². The predicted molar refractivity (Wildman–Crippen MR) is 85.2 cm³/mol. The molecule has 1 saturated heterocycles. The second-order valence-electron chi connectivity index (χ2n) is 5.56. The van der Waals surface area contributed by atoms with Crippen LogP contribution in [0.15, 0.2) is 30.5 Å². The minimum absolute atomic E-state index is 0.0270. The third-order valence-corrected chi connectivity index (χ3v) is 4.04. The Morgan fingerprint density at radius 1 is 1.29 bits per heavy atom. The fourth-order valence-electron chi connectivity index (χ4n) is 2.90. The third-order valence-electron chi connectivity index (χ3n) is 4.04. The van der Waals surface area contributed by atoms with Crippen LogP contribution in [0.2, 0.25) is 0 Å². The Labute approximate surface area is 126 Å². The van der Waals surface area contributed by atoms with E-state index in [0.717, 1.165) is 24.2 Å². The van der Waals surface area contributed by atoms with Crippen molar-refractivity contribution in [3.63, 3.8) is 0 Å². The molecule has 0 spiro atoms. The van der Waals surface area contributed by atoms with Crippen LogP contribution in [0, 0.1) is 0 Å². The summed E-state index contributed by atoms with van der Waals surface area (Å²) in [4.78, 5) is 14.2. The Balaban J connectivity index is 1.98. The summed E-state index contributed by atoms with van der Waals surface area (Å²) in [7, 11) is 1.64. The zero-order valence-corrected chi connectivity index (χ0v) is 13.0. The second-order valence-corrected chi connectivity index (χ2v) is 5.56. The van der Waals surface area contributed by atoms with Crippen molar-refractivity contribution in [1.29, 1.82) is 0 Å². The summed E-state index contributed by atoms with van der Waals surface area (Å²) in [5.41, 5.74) is 0.944. The topological polar surface area (TPSA) is 41.6 Å². The number of ether oxygens (including phenoxy) is 1. The average molecular weight is 288 g/mol. The van der Waals surface area contributed by atoms with Crippen LogP contribution in [0.3, 0.4) is 0 Å². The third kappa shape index (κ3) is 3.78. The van der Waals surface area contributed by atoms with Crippen LogP contribution in [0.25, 0.3) is 6.08 Å². The van der Waals surface area contributed by atoms with E-state index in [4.69, 9.17) is 4.74 Å². The Morgan fingerprint density at radius 3 is 2.62 bits per heavy atom. The molecule has 2 atom stereocenters. The van der Waals surface area contributed by atoms with Crippen molar-refractivity contribution in [3.05, 3.63) is 36.0 Å². The van der Waals surface area contributed by atoms with E-state index in [-0.39, 0.29) is 6.03 Å². The summed E-state index contributed by atoms with van der Waals surface area (Å²) in [5.74, 6) is 0.794. The van der Waals surface area contributed by atoms with Gasteiger partial charge in [-0.25, -0.2) is 4.79 Å². The predicted octanol–water partition coefficient (Wildman–Crippen LogP) is 3.64. The number of carbonyl (C=O) groups excluding carboxylic acids is 1.